The van der Waals surface area contributed by atoms with Crippen molar-refractivity contribution in [1.82, 2.24) is 0 Å². The molecule has 0 aliphatic carbocycles. The summed E-state index contributed by atoms with van der Waals surface area (Å²) in [6.07, 6.45) is 1.33. The fourth-order valence-corrected chi connectivity index (χ4v) is 0.908. The molecule has 0 aromatic rings. The zero-order valence-electron chi connectivity index (χ0n) is 7.39. The highest BCUT2D eigenvalue weighted by Crippen LogP contribution is 1.93. The summed E-state index contributed by atoms with van der Waals surface area (Å²) in [4.78, 5) is 0. The minimum absolute atomic E-state index is 0.665. The van der Waals surface area contributed by atoms with Crippen LogP contribution in [0, 0.1) is 0 Å². The highest BCUT2D eigenvalue weighted by Gasteiger charge is 2.09. The van der Waals surface area contributed by atoms with Gasteiger partial charge >= 0.3 is 10.4 Å². The molecule has 0 bridgehead atoms. The van der Waals surface area contributed by atoms with Crippen molar-refractivity contribution in [2.75, 3.05) is 12.5 Å². The minimum atomic E-state index is -4.67. The van der Waals surface area contributed by atoms with Crippen LogP contribution in [-0.2, 0) is 39.3 Å². The van der Waals surface area contributed by atoms with Gasteiger partial charge in [-0.15, -0.1) is 0 Å². The Morgan fingerprint density at radius 2 is 0.867 bits per heavy atom. The summed E-state index contributed by atoms with van der Waals surface area (Å²) < 4.78 is 78.8. The molecule has 0 atom stereocenters. The van der Waals surface area contributed by atoms with Crippen molar-refractivity contribution in [2.24, 2.45) is 0 Å². The molecule has 0 radical (unpaired) electrons. The van der Waals surface area contributed by atoms with Gasteiger partial charge in [-0.05, 0) is 0 Å². The van der Waals surface area contributed by atoms with Crippen molar-refractivity contribution in [3.8, 4) is 0 Å². The van der Waals surface area contributed by atoms with E-state index in [0.717, 1.165) is 0 Å². The van der Waals surface area contributed by atoms with E-state index in [1.807, 2.05) is 0 Å². The van der Waals surface area contributed by atoms with E-state index in [4.69, 9.17) is 17.5 Å². The average Bonchev–Trinajstić information content (AvgIpc) is 1.76. The highest BCUT2D eigenvalue weighted by atomic mass is 32.3. The molecular weight excluding hydrogens is 280 g/mol. The smallest absolute Gasteiger partial charge is 0.264 e. The maximum atomic E-state index is 10.1. The molecule has 0 aliphatic rings. The van der Waals surface area contributed by atoms with Gasteiger partial charge < -0.3 is 0 Å². The first kappa shape index (κ1) is 17.1. The first-order valence-corrected chi connectivity index (χ1v) is 7.71. The van der Waals surface area contributed by atoms with E-state index in [1.54, 1.807) is 0 Å². The van der Waals surface area contributed by atoms with Crippen molar-refractivity contribution >= 4 is 30.6 Å². The van der Waals surface area contributed by atoms with Crippen LogP contribution in [0.15, 0.2) is 0 Å². The third-order valence-electron chi connectivity index (χ3n) is 0.275. The highest BCUT2D eigenvalue weighted by molar-refractivity contribution is 7.88. The topological polar surface area (TPSA) is 161 Å². The first-order valence-electron chi connectivity index (χ1n) is 2.68. The second-order valence-electron chi connectivity index (χ2n) is 1.99. The SMILES string of the molecule is CS(=O)(=O)OOS(C)(=O)=O.O=S(=O)(O)O. The maximum absolute atomic E-state index is 10.1. The predicted molar refractivity (Wildman–Crippen MR) is 46.0 cm³/mol. The summed E-state index contributed by atoms with van der Waals surface area (Å²) in [5, 5.41) is 0. The van der Waals surface area contributed by atoms with Crippen LogP contribution in [0.5, 0.6) is 0 Å². The van der Waals surface area contributed by atoms with Crippen molar-refractivity contribution < 1.29 is 43.0 Å². The van der Waals surface area contributed by atoms with Gasteiger partial charge in [0, 0.05) is 0 Å². The Hall–Kier alpha value is -0.310. The number of hydrogen-bond acceptors (Lipinski definition) is 8. The molecule has 0 aromatic heterocycles. The summed E-state index contributed by atoms with van der Waals surface area (Å²) in [6, 6.07) is 0. The van der Waals surface area contributed by atoms with Gasteiger partial charge in [-0.1, -0.05) is 8.67 Å². The molecule has 0 rings (SSSR count). The fraction of sp³-hybridized carbons (Fsp3) is 1.00. The van der Waals surface area contributed by atoms with E-state index in [2.05, 4.69) is 8.67 Å². The molecule has 15 heavy (non-hydrogen) atoms. The molecular formula is C2H8O10S3. The van der Waals surface area contributed by atoms with Crippen LogP contribution < -0.4 is 0 Å². The molecule has 13 heteroatoms. The Bertz CT molecular complexity index is 423. The maximum Gasteiger partial charge on any atom is 0.394 e. The van der Waals surface area contributed by atoms with E-state index in [1.165, 1.54) is 0 Å². The molecule has 0 saturated heterocycles. The lowest BCUT2D eigenvalue weighted by molar-refractivity contribution is -0.0832. The lowest BCUT2D eigenvalue weighted by Gasteiger charge is -1.94. The lowest BCUT2D eigenvalue weighted by Crippen LogP contribution is -2.09. The number of rotatable bonds is 3. The fourth-order valence-electron chi connectivity index (χ4n) is 0.101. The minimum Gasteiger partial charge on any atom is -0.264 e. The average molecular weight is 288 g/mol. The molecule has 0 unspecified atom stereocenters. The summed E-state index contributed by atoms with van der Waals surface area (Å²) in [5.41, 5.74) is 0. The summed E-state index contributed by atoms with van der Waals surface area (Å²) >= 11 is 0. The van der Waals surface area contributed by atoms with Crippen molar-refractivity contribution in [1.29, 1.82) is 0 Å². The van der Waals surface area contributed by atoms with Gasteiger partial charge in [0.15, 0.2) is 0 Å². The second-order valence-corrected chi connectivity index (χ2v) is 5.98. The number of hydrogen-bond donors (Lipinski definition) is 2. The Kier molecular flexibility index (Phi) is 6.48. The van der Waals surface area contributed by atoms with Crippen LogP contribution >= 0.6 is 0 Å². The normalized spacial score (nSPS) is 12.8. The predicted octanol–water partition coefficient (Wildman–Crippen LogP) is -1.80. The van der Waals surface area contributed by atoms with Gasteiger partial charge in [-0.3, -0.25) is 9.11 Å². The third kappa shape index (κ3) is 41.8. The Balaban J connectivity index is 0. The Labute approximate surface area is 86.6 Å². The van der Waals surface area contributed by atoms with E-state index >= 15 is 0 Å². The molecule has 0 heterocycles. The lowest BCUT2D eigenvalue weighted by atomic mass is 12.0. The standard InChI is InChI=1S/C2H6O6S2.H2O4S/c1-9(3,4)7-8-10(2,5)6;1-5(2,3)4/h1-2H3;(H2,1,2,3,4). The second kappa shape index (κ2) is 5.69. The van der Waals surface area contributed by atoms with Crippen molar-refractivity contribution in [2.45, 2.75) is 0 Å². The van der Waals surface area contributed by atoms with E-state index in [0.29, 0.717) is 12.5 Å². The van der Waals surface area contributed by atoms with Gasteiger partial charge in [-0.25, -0.2) is 0 Å². The summed E-state index contributed by atoms with van der Waals surface area (Å²) in [6.45, 7) is 0. The molecule has 0 spiro atoms. The van der Waals surface area contributed by atoms with Gasteiger partial charge in [0.2, 0.25) is 0 Å². The molecule has 94 valence electrons. The van der Waals surface area contributed by atoms with Crippen molar-refractivity contribution in [3.63, 3.8) is 0 Å². The van der Waals surface area contributed by atoms with Crippen LogP contribution in [0.2, 0.25) is 0 Å². The Morgan fingerprint density at radius 3 is 0.933 bits per heavy atom. The molecule has 0 aromatic carbocycles. The molecule has 10 nitrogen and oxygen atoms in total. The molecule has 0 aliphatic heterocycles. The first-order chi connectivity index (χ1) is 6.21. The van der Waals surface area contributed by atoms with Crippen LogP contribution in [0.25, 0.3) is 0 Å². The largest absolute Gasteiger partial charge is 0.394 e. The van der Waals surface area contributed by atoms with Crippen LogP contribution in [0.1, 0.15) is 0 Å². The summed E-state index contributed by atoms with van der Waals surface area (Å²) in [7, 11) is -12.4. The van der Waals surface area contributed by atoms with E-state index in [-0.39, 0.29) is 0 Å². The van der Waals surface area contributed by atoms with Crippen LogP contribution in [0.4, 0.5) is 0 Å². The Morgan fingerprint density at radius 1 is 0.733 bits per heavy atom. The molecule has 0 saturated carbocycles. The quantitative estimate of drug-likeness (QED) is 0.344. The van der Waals surface area contributed by atoms with E-state index < -0.39 is 30.6 Å². The monoisotopic (exact) mass is 288 g/mol. The van der Waals surface area contributed by atoms with Crippen LogP contribution in [0.3, 0.4) is 0 Å². The van der Waals surface area contributed by atoms with Crippen molar-refractivity contribution in [3.05, 3.63) is 0 Å². The van der Waals surface area contributed by atoms with Gasteiger partial charge in [-0.2, -0.15) is 25.3 Å². The molecule has 0 amide bonds. The zero-order valence-corrected chi connectivity index (χ0v) is 9.83. The van der Waals surface area contributed by atoms with Gasteiger partial charge in [0.05, 0.1) is 12.5 Å². The zero-order chi connectivity index (χ0) is 12.9. The molecule has 0 fully saturated rings. The van der Waals surface area contributed by atoms with E-state index in [9.17, 15) is 16.8 Å². The van der Waals surface area contributed by atoms with Crippen LogP contribution in [-0.4, -0.2) is 46.9 Å². The third-order valence-corrected chi connectivity index (χ3v) is 0.992. The molecule has 2 N–H and O–H groups in total. The van der Waals surface area contributed by atoms with Gasteiger partial charge in [0.1, 0.15) is 0 Å². The summed E-state index contributed by atoms with van der Waals surface area (Å²) in [5.74, 6) is 0. The van der Waals surface area contributed by atoms with Gasteiger partial charge in [0.25, 0.3) is 20.2 Å².